The van der Waals surface area contributed by atoms with Gasteiger partial charge in [0.05, 0.1) is 18.7 Å². The van der Waals surface area contributed by atoms with Gasteiger partial charge in [0.1, 0.15) is 16.7 Å². The standard InChI is InChI=1S/C12H14N4OS/c1-7(2)8-10(5-13)9(15)16-12(11(8,10)6-14)17-3-4-18-12/h7-8H,3-4H2,1-2H3,(H2,15,16)/t8-,10+,11+,12+/m0/s1. The number of amidine groups is 1. The van der Waals surface area contributed by atoms with Gasteiger partial charge in [0.15, 0.2) is 0 Å². The minimum absolute atomic E-state index is 0.0944. The monoisotopic (exact) mass is 262 g/mol. The highest BCUT2D eigenvalue weighted by molar-refractivity contribution is 8.00. The number of aliphatic imine (C=N–C) groups is 1. The van der Waals surface area contributed by atoms with Crippen molar-refractivity contribution in [3.8, 4) is 12.1 Å². The van der Waals surface area contributed by atoms with Crippen LogP contribution in [0.15, 0.2) is 4.99 Å². The Morgan fingerprint density at radius 1 is 1.50 bits per heavy atom. The first-order valence-electron chi connectivity index (χ1n) is 5.98. The molecule has 2 fully saturated rings. The molecular weight excluding hydrogens is 248 g/mol. The van der Waals surface area contributed by atoms with Gasteiger partial charge in [-0.25, -0.2) is 4.99 Å². The predicted octanol–water partition coefficient (Wildman–Crippen LogP) is 1.08. The van der Waals surface area contributed by atoms with E-state index in [9.17, 15) is 10.5 Å². The largest absolute Gasteiger partial charge is 0.386 e. The van der Waals surface area contributed by atoms with Crippen LogP contribution in [0, 0.1) is 45.3 Å². The van der Waals surface area contributed by atoms with E-state index in [-0.39, 0.29) is 17.7 Å². The van der Waals surface area contributed by atoms with Gasteiger partial charge in [0, 0.05) is 11.7 Å². The molecule has 2 aliphatic heterocycles. The zero-order valence-corrected chi connectivity index (χ0v) is 11.1. The zero-order chi connectivity index (χ0) is 13.2. The van der Waals surface area contributed by atoms with Gasteiger partial charge in [-0.15, -0.1) is 0 Å². The summed E-state index contributed by atoms with van der Waals surface area (Å²) < 4.78 is 5.75. The van der Waals surface area contributed by atoms with Crippen molar-refractivity contribution < 1.29 is 4.74 Å². The van der Waals surface area contributed by atoms with Crippen LogP contribution in [0.4, 0.5) is 0 Å². The quantitative estimate of drug-likeness (QED) is 0.763. The topological polar surface area (TPSA) is 95.2 Å². The van der Waals surface area contributed by atoms with Crippen molar-refractivity contribution >= 4 is 17.6 Å². The fraction of sp³-hybridized carbons (Fsp3) is 0.750. The lowest BCUT2D eigenvalue weighted by Crippen LogP contribution is -2.34. The van der Waals surface area contributed by atoms with Crippen molar-refractivity contribution in [2.75, 3.05) is 12.4 Å². The smallest absolute Gasteiger partial charge is 0.230 e. The van der Waals surface area contributed by atoms with Crippen LogP contribution in [0.2, 0.25) is 0 Å². The second-order valence-electron chi connectivity index (χ2n) is 5.34. The SMILES string of the molecule is CC(C)[C@@H]1[C@@]2(C#N)[C@@]3(N=C(N)[C@@]12C#N)OCCS3. The van der Waals surface area contributed by atoms with Crippen molar-refractivity contribution in [3.05, 3.63) is 0 Å². The van der Waals surface area contributed by atoms with E-state index in [1.807, 2.05) is 13.8 Å². The number of fused-ring (bicyclic) bond motifs is 2. The molecule has 0 aromatic heterocycles. The summed E-state index contributed by atoms with van der Waals surface area (Å²) in [6.07, 6.45) is 0. The zero-order valence-electron chi connectivity index (χ0n) is 10.3. The predicted molar refractivity (Wildman–Crippen MR) is 67.2 cm³/mol. The van der Waals surface area contributed by atoms with Gasteiger partial charge in [-0.05, 0) is 5.92 Å². The summed E-state index contributed by atoms with van der Waals surface area (Å²) in [5, 5.41) is 18.3. The number of nitrogens with zero attached hydrogens (tertiary/aromatic N) is 3. The van der Waals surface area contributed by atoms with E-state index in [1.165, 1.54) is 11.8 Å². The Hall–Kier alpha value is -1.24. The second-order valence-corrected chi connectivity index (χ2v) is 6.59. The maximum atomic E-state index is 9.70. The highest BCUT2D eigenvalue weighted by Crippen LogP contribution is 2.82. The Morgan fingerprint density at radius 2 is 2.22 bits per heavy atom. The van der Waals surface area contributed by atoms with E-state index in [0.29, 0.717) is 6.61 Å². The Kier molecular flexibility index (Phi) is 2.10. The van der Waals surface area contributed by atoms with Gasteiger partial charge >= 0.3 is 0 Å². The van der Waals surface area contributed by atoms with Gasteiger partial charge in [0.25, 0.3) is 0 Å². The summed E-state index contributed by atoms with van der Waals surface area (Å²) in [7, 11) is 0. The Labute approximate surface area is 110 Å². The molecular formula is C12H14N4OS. The van der Waals surface area contributed by atoms with Crippen LogP contribution in [0.3, 0.4) is 0 Å². The molecule has 0 aromatic rings. The van der Waals surface area contributed by atoms with Gasteiger partial charge < -0.3 is 10.5 Å². The lowest BCUT2D eigenvalue weighted by atomic mass is 9.95. The molecule has 5 nitrogen and oxygen atoms in total. The van der Waals surface area contributed by atoms with Crippen molar-refractivity contribution in [1.29, 1.82) is 10.5 Å². The molecule has 0 radical (unpaired) electrons. The summed E-state index contributed by atoms with van der Waals surface area (Å²) >= 11 is 1.50. The normalized spacial score (nSPS) is 48.7. The molecule has 6 heteroatoms. The molecule has 1 aliphatic carbocycles. The van der Waals surface area contributed by atoms with Crippen LogP contribution in [0.25, 0.3) is 0 Å². The fourth-order valence-corrected chi connectivity index (χ4v) is 5.12. The molecule has 1 spiro atoms. The second kappa shape index (κ2) is 3.20. The molecule has 3 aliphatic rings. The third-order valence-electron chi connectivity index (χ3n) is 4.34. The molecule has 0 aromatic carbocycles. The van der Waals surface area contributed by atoms with E-state index in [0.717, 1.165) is 5.75 Å². The number of thioether (sulfide) groups is 1. The van der Waals surface area contributed by atoms with Crippen LogP contribution in [-0.4, -0.2) is 23.3 Å². The van der Waals surface area contributed by atoms with Crippen molar-refractivity contribution in [2.24, 2.45) is 33.4 Å². The average Bonchev–Trinajstić information content (AvgIpc) is 2.62. The number of nitrogens with two attached hydrogens (primary N) is 1. The molecule has 0 bridgehead atoms. The van der Waals surface area contributed by atoms with E-state index in [2.05, 4.69) is 17.1 Å². The summed E-state index contributed by atoms with van der Waals surface area (Å²) in [4.78, 5) is 4.36. The van der Waals surface area contributed by atoms with Crippen molar-refractivity contribution in [1.82, 2.24) is 0 Å². The van der Waals surface area contributed by atoms with Gasteiger partial charge in [-0.3, -0.25) is 0 Å². The first-order valence-corrected chi connectivity index (χ1v) is 6.97. The molecule has 4 atom stereocenters. The number of hydrogen-bond donors (Lipinski definition) is 1. The van der Waals surface area contributed by atoms with Crippen LogP contribution in [-0.2, 0) is 4.74 Å². The summed E-state index contributed by atoms with van der Waals surface area (Å²) in [6, 6.07) is 4.60. The molecule has 1 saturated carbocycles. The molecule has 1 saturated heterocycles. The highest BCUT2D eigenvalue weighted by atomic mass is 32.2. The Bertz CT molecular complexity index is 525. The molecule has 0 amide bonds. The Morgan fingerprint density at radius 3 is 2.61 bits per heavy atom. The number of ether oxygens (including phenoxy) is 1. The number of hydrogen-bond acceptors (Lipinski definition) is 6. The van der Waals surface area contributed by atoms with E-state index in [1.54, 1.807) is 0 Å². The van der Waals surface area contributed by atoms with Crippen LogP contribution in [0.5, 0.6) is 0 Å². The number of rotatable bonds is 1. The lowest BCUT2D eigenvalue weighted by molar-refractivity contribution is 0.0145. The lowest BCUT2D eigenvalue weighted by Gasteiger charge is -2.26. The van der Waals surface area contributed by atoms with E-state index < -0.39 is 15.9 Å². The first kappa shape index (κ1) is 11.8. The molecule has 3 rings (SSSR count). The van der Waals surface area contributed by atoms with E-state index >= 15 is 0 Å². The first-order chi connectivity index (χ1) is 8.52. The highest BCUT2D eigenvalue weighted by Gasteiger charge is 2.93. The molecule has 0 unspecified atom stereocenters. The summed E-state index contributed by atoms with van der Waals surface area (Å²) in [5.74, 6) is 1.16. The maximum Gasteiger partial charge on any atom is 0.230 e. The average molecular weight is 262 g/mol. The molecule has 94 valence electrons. The fourth-order valence-electron chi connectivity index (χ4n) is 3.78. The van der Waals surface area contributed by atoms with Crippen LogP contribution >= 0.6 is 11.8 Å². The van der Waals surface area contributed by atoms with Crippen molar-refractivity contribution in [3.63, 3.8) is 0 Å². The molecule has 18 heavy (non-hydrogen) atoms. The third-order valence-corrected chi connectivity index (χ3v) is 5.63. The van der Waals surface area contributed by atoms with Crippen LogP contribution < -0.4 is 5.73 Å². The summed E-state index contributed by atoms with van der Waals surface area (Å²) in [5.41, 5.74) is 4.13. The number of nitriles is 2. The maximum absolute atomic E-state index is 9.70. The molecule has 2 N–H and O–H groups in total. The van der Waals surface area contributed by atoms with Crippen LogP contribution in [0.1, 0.15) is 13.8 Å². The molecule has 2 heterocycles. The minimum Gasteiger partial charge on any atom is -0.386 e. The Balaban J connectivity index is 2.21. The van der Waals surface area contributed by atoms with Gasteiger partial charge in [0.2, 0.25) is 5.06 Å². The minimum atomic E-state index is -0.951. The third kappa shape index (κ3) is 0.867. The van der Waals surface area contributed by atoms with Gasteiger partial charge in [-0.2, -0.15) is 10.5 Å². The van der Waals surface area contributed by atoms with E-state index in [4.69, 9.17) is 10.5 Å². The van der Waals surface area contributed by atoms with Crippen molar-refractivity contribution in [2.45, 2.75) is 18.9 Å². The summed E-state index contributed by atoms with van der Waals surface area (Å²) in [6.45, 7) is 4.58. The van der Waals surface area contributed by atoms with Gasteiger partial charge in [-0.1, -0.05) is 25.6 Å².